The topological polar surface area (TPSA) is 60.4 Å². The normalized spacial score (nSPS) is 12.3. The van der Waals surface area contributed by atoms with Crippen molar-refractivity contribution in [2.24, 2.45) is 0 Å². The standard InChI is InChI=1S/C12H15ClO4S/c1-8-7-9(18(13,15)16)5-6-10(8)11(14)17-12(2,3)4/h5-7H,1-4H3. The summed E-state index contributed by atoms with van der Waals surface area (Å²) in [6.07, 6.45) is 0. The lowest BCUT2D eigenvalue weighted by atomic mass is 10.1. The second-order valence-electron chi connectivity index (χ2n) is 4.92. The molecule has 0 aromatic heterocycles. The number of ether oxygens (including phenoxy) is 1. The number of hydrogen-bond acceptors (Lipinski definition) is 4. The second-order valence-corrected chi connectivity index (χ2v) is 7.48. The van der Waals surface area contributed by atoms with Gasteiger partial charge in [0.05, 0.1) is 10.5 Å². The zero-order valence-electron chi connectivity index (χ0n) is 10.7. The largest absolute Gasteiger partial charge is 0.456 e. The van der Waals surface area contributed by atoms with Crippen molar-refractivity contribution in [1.82, 2.24) is 0 Å². The first-order chi connectivity index (χ1) is 8.00. The lowest BCUT2D eigenvalue weighted by Crippen LogP contribution is -2.24. The molecule has 0 spiro atoms. The van der Waals surface area contributed by atoms with Crippen LogP contribution in [0.4, 0.5) is 0 Å². The maximum atomic E-state index is 11.8. The second kappa shape index (κ2) is 4.90. The van der Waals surface area contributed by atoms with Gasteiger partial charge in [0.25, 0.3) is 9.05 Å². The summed E-state index contributed by atoms with van der Waals surface area (Å²) < 4.78 is 27.5. The van der Waals surface area contributed by atoms with E-state index in [1.807, 2.05) is 0 Å². The molecular formula is C12H15ClO4S. The molecule has 1 rings (SSSR count). The van der Waals surface area contributed by atoms with Gasteiger partial charge in [-0.25, -0.2) is 13.2 Å². The number of esters is 1. The molecule has 0 radical (unpaired) electrons. The predicted molar refractivity (Wildman–Crippen MR) is 69.4 cm³/mol. The van der Waals surface area contributed by atoms with E-state index in [1.165, 1.54) is 18.2 Å². The third-order valence-corrected chi connectivity index (χ3v) is 3.45. The lowest BCUT2D eigenvalue weighted by Gasteiger charge is -2.20. The first-order valence-electron chi connectivity index (χ1n) is 5.29. The molecule has 4 nitrogen and oxygen atoms in total. The van der Waals surface area contributed by atoms with Crippen LogP contribution in [0.15, 0.2) is 23.1 Å². The van der Waals surface area contributed by atoms with Gasteiger partial charge in [-0.1, -0.05) is 0 Å². The molecule has 0 saturated carbocycles. The first-order valence-corrected chi connectivity index (χ1v) is 7.60. The molecule has 6 heteroatoms. The van der Waals surface area contributed by atoms with Crippen LogP contribution in [0.1, 0.15) is 36.7 Å². The average Bonchev–Trinajstić information content (AvgIpc) is 2.12. The molecule has 0 atom stereocenters. The average molecular weight is 291 g/mol. The van der Waals surface area contributed by atoms with Gasteiger partial charge in [-0.05, 0) is 51.5 Å². The summed E-state index contributed by atoms with van der Waals surface area (Å²) in [5.41, 5.74) is 0.237. The molecule has 0 aliphatic heterocycles. The van der Waals surface area contributed by atoms with Crippen LogP contribution in [0.2, 0.25) is 0 Å². The van der Waals surface area contributed by atoms with Gasteiger partial charge in [0.15, 0.2) is 0 Å². The number of carbonyl (C=O) groups is 1. The summed E-state index contributed by atoms with van der Waals surface area (Å²) >= 11 is 0. The van der Waals surface area contributed by atoms with Crippen LogP contribution in [-0.2, 0) is 13.8 Å². The Morgan fingerprint density at radius 1 is 1.28 bits per heavy atom. The molecular weight excluding hydrogens is 276 g/mol. The van der Waals surface area contributed by atoms with E-state index in [0.29, 0.717) is 11.1 Å². The Hall–Kier alpha value is -1.07. The maximum absolute atomic E-state index is 11.8. The Balaban J connectivity index is 3.11. The fourth-order valence-corrected chi connectivity index (χ4v) is 2.19. The van der Waals surface area contributed by atoms with Crippen LogP contribution >= 0.6 is 10.7 Å². The molecule has 1 aromatic carbocycles. The van der Waals surface area contributed by atoms with Crippen molar-refractivity contribution in [1.29, 1.82) is 0 Å². The molecule has 0 bridgehead atoms. The van der Waals surface area contributed by atoms with Crippen molar-refractivity contribution in [3.05, 3.63) is 29.3 Å². The van der Waals surface area contributed by atoms with Crippen LogP contribution in [0.5, 0.6) is 0 Å². The molecule has 1 aromatic rings. The van der Waals surface area contributed by atoms with Crippen molar-refractivity contribution < 1.29 is 17.9 Å². The number of rotatable bonds is 2. The summed E-state index contributed by atoms with van der Waals surface area (Å²) in [5.74, 6) is -0.487. The van der Waals surface area contributed by atoms with Gasteiger partial charge in [-0.3, -0.25) is 0 Å². The van der Waals surface area contributed by atoms with Crippen molar-refractivity contribution >= 4 is 25.7 Å². The Kier molecular flexibility index (Phi) is 4.08. The molecule has 0 N–H and O–H groups in total. The fraction of sp³-hybridized carbons (Fsp3) is 0.417. The summed E-state index contributed by atoms with van der Waals surface area (Å²) in [6, 6.07) is 4.04. The first kappa shape index (κ1) is 15.0. The van der Waals surface area contributed by atoms with Crippen molar-refractivity contribution in [2.75, 3.05) is 0 Å². The predicted octanol–water partition coefficient (Wildman–Crippen LogP) is 2.88. The van der Waals surface area contributed by atoms with E-state index in [9.17, 15) is 13.2 Å². The number of halogens is 1. The van der Waals surface area contributed by atoms with Gasteiger partial charge >= 0.3 is 5.97 Å². The minimum atomic E-state index is -3.78. The molecule has 0 amide bonds. The molecule has 0 fully saturated rings. The zero-order chi connectivity index (χ0) is 14.1. The Morgan fingerprint density at radius 3 is 2.22 bits per heavy atom. The number of hydrogen-bond donors (Lipinski definition) is 0. The molecule has 100 valence electrons. The highest BCUT2D eigenvalue weighted by molar-refractivity contribution is 8.13. The number of aryl methyl sites for hydroxylation is 1. The van der Waals surface area contributed by atoms with Gasteiger partial charge in [0, 0.05) is 10.7 Å². The van der Waals surface area contributed by atoms with E-state index in [1.54, 1.807) is 27.7 Å². The highest BCUT2D eigenvalue weighted by Crippen LogP contribution is 2.21. The summed E-state index contributed by atoms with van der Waals surface area (Å²) in [5, 5.41) is 0. The zero-order valence-corrected chi connectivity index (χ0v) is 12.2. The monoisotopic (exact) mass is 290 g/mol. The molecule has 0 unspecified atom stereocenters. The molecule has 0 aliphatic carbocycles. The minimum Gasteiger partial charge on any atom is -0.456 e. The van der Waals surface area contributed by atoms with Crippen LogP contribution in [0.25, 0.3) is 0 Å². The van der Waals surface area contributed by atoms with Crippen molar-refractivity contribution in [2.45, 2.75) is 38.2 Å². The maximum Gasteiger partial charge on any atom is 0.338 e. The Morgan fingerprint density at radius 2 is 1.83 bits per heavy atom. The van der Waals surface area contributed by atoms with Crippen LogP contribution in [0.3, 0.4) is 0 Å². The van der Waals surface area contributed by atoms with Gasteiger partial charge in [0.1, 0.15) is 5.60 Å². The van der Waals surface area contributed by atoms with Gasteiger partial charge in [-0.2, -0.15) is 0 Å². The van der Waals surface area contributed by atoms with Crippen LogP contribution in [-0.4, -0.2) is 20.0 Å². The highest BCUT2D eigenvalue weighted by Gasteiger charge is 2.20. The third-order valence-electron chi connectivity index (χ3n) is 2.10. The molecule has 0 saturated heterocycles. The van der Waals surface area contributed by atoms with E-state index in [0.717, 1.165) is 0 Å². The lowest BCUT2D eigenvalue weighted by molar-refractivity contribution is 0.00686. The van der Waals surface area contributed by atoms with E-state index >= 15 is 0 Å². The van der Waals surface area contributed by atoms with E-state index in [-0.39, 0.29) is 4.90 Å². The number of carbonyl (C=O) groups excluding carboxylic acids is 1. The fourth-order valence-electron chi connectivity index (χ4n) is 1.35. The van der Waals surface area contributed by atoms with Gasteiger partial charge < -0.3 is 4.74 Å². The molecule has 0 aliphatic rings. The Labute approximate surface area is 111 Å². The number of benzene rings is 1. The summed E-state index contributed by atoms with van der Waals surface area (Å²) in [4.78, 5) is 11.8. The van der Waals surface area contributed by atoms with Crippen LogP contribution < -0.4 is 0 Å². The quantitative estimate of drug-likeness (QED) is 0.621. The van der Waals surface area contributed by atoms with E-state index < -0.39 is 20.6 Å². The third kappa shape index (κ3) is 3.99. The van der Waals surface area contributed by atoms with Crippen LogP contribution in [0, 0.1) is 6.92 Å². The highest BCUT2D eigenvalue weighted by atomic mass is 35.7. The van der Waals surface area contributed by atoms with Gasteiger partial charge in [-0.15, -0.1) is 0 Å². The summed E-state index contributed by atoms with van der Waals surface area (Å²) in [7, 11) is 1.44. The smallest absolute Gasteiger partial charge is 0.338 e. The van der Waals surface area contributed by atoms with E-state index in [4.69, 9.17) is 15.4 Å². The Bertz CT molecular complexity index is 570. The van der Waals surface area contributed by atoms with Crippen molar-refractivity contribution in [3.8, 4) is 0 Å². The van der Waals surface area contributed by atoms with Gasteiger partial charge in [0.2, 0.25) is 0 Å². The molecule has 0 heterocycles. The van der Waals surface area contributed by atoms with E-state index in [2.05, 4.69) is 0 Å². The minimum absolute atomic E-state index is 0.0334. The van der Waals surface area contributed by atoms with Crippen molar-refractivity contribution in [3.63, 3.8) is 0 Å². The summed E-state index contributed by atoms with van der Waals surface area (Å²) in [6.45, 7) is 6.91. The molecule has 18 heavy (non-hydrogen) atoms. The SMILES string of the molecule is Cc1cc(S(=O)(=O)Cl)ccc1C(=O)OC(C)(C)C.